The van der Waals surface area contributed by atoms with E-state index in [-0.39, 0.29) is 11.5 Å². The Labute approximate surface area is 226 Å². The number of nitrogens with two attached hydrogens (primary N) is 1. The van der Waals surface area contributed by atoms with E-state index < -0.39 is 61.7 Å². The highest BCUT2D eigenvalue weighted by Gasteiger charge is 2.41. The molecule has 216 valence electrons. The van der Waals surface area contributed by atoms with Crippen LogP contribution < -0.4 is 5.73 Å². The van der Waals surface area contributed by atoms with Gasteiger partial charge < -0.3 is 38.9 Å². The third kappa shape index (κ3) is 10.2. The van der Waals surface area contributed by atoms with Crippen LogP contribution in [0.1, 0.15) is 53.3 Å². The van der Waals surface area contributed by atoms with Gasteiger partial charge in [-0.1, -0.05) is 0 Å². The van der Waals surface area contributed by atoms with E-state index in [1.807, 2.05) is 0 Å². The Morgan fingerprint density at radius 2 is 1.44 bits per heavy atom. The number of hydrogen-bond acceptors (Lipinski definition) is 14. The summed E-state index contributed by atoms with van der Waals surface area (Å²) in [5.41, 5.74) is 6.58. The summed E-state index contributed by atoms with van der Waals surface area (Å²) in [6.45, 7) is 12.9. The third-order valence-corrected chi connectivity index (χ3v) is 4.59. The molecule has 0 aliphatic rings. The molecule has 2 aromatic heterocycles. The van der Waals surface area contributed by atoms with Crippen LogP contribution in [-0.4, -0.2) is 77.3 Å². The Hall–Kier alpha value is -4.32. The van der Waals surface area contributed by atoms with Crippen LogP contribution in [0.5, 0.6) is 0 Å². The minimum absolute atomic E-state index is 0.157. The van der Waals surface area contributed by atoms with Crippen molar-refractivity contribution in [2.24, 2.45) is 0 Å². The number of ether oxygens (including phenoxy) is 7. The maximum absolute atomic E-state index is 12.6. The van der Waals surface area contributed by atoms with Crippen molar-refractivity contribution in [2.75, 3.05) is 19.5 Å². The monoisotopic (exact) mass is 553 g/mol. The average molecular weight is 554 g/mol. The van der Waals surface area contributed by atoms with Crippen molar-refractivity contribution in [3.05, 3.63) is 24.2 Å². The fourth-order valence-electron chi connectivity index (χ4n) is 3.15. The largest absolute Gasteiger partial charge is 0.509 e. The molecule has 2 N–H and O–H groups in total. The second-order valence-corrected chi connectivity index (χ2v) is 8.66. The summed E-state index contributed by atoms with van der Waals surface area (Å²) in [5.74, 6) is 0.157. The van der Waals surface area contributed by atoms with Crippen molar-refractivity contribution in [1.29, 1.82) is 5.26 Å². The third-order valence-electron chi connectivity index (χ3n) is 4.59. The lowest BCUT2D eigenvalue weighted by molar-refractivity contribution is -0.129. The lowest BCUT2D eigenvalue weighted by Gasteiger charge is -2.31. The first kappa shape index (κ1) is 32.7. The van der Waals surface area contributed by atoms with Gasteiger partial charge in [-0.3, -0.25) is 0 Å². The summed E-state index contributed by atoms with van der Waals surface area (Å²) in [6.07, 6.45) is -7.28. The number of fused-ring (bicyclic) bond motifs is 1. The van der Waals surface area contributed by atoms with Gasteiger partial charge in [-0.25, -0.2) is 29.1 Å². The Bertz CT molecular complexity index is 1100. The number of nitrogen functional groups attached to an aromatic ring is 1. The molecule has 15 nitrogen and oxygen atoms in total. The molecular weight excluding hydrogens is 518 g/mol. The van der Waals surface area contributed by atoms with Crippen LogP contribution in [0.3, 0.4) is 0 Å². The number of anilines is 1. The predicted octanol–water partition coefficient (Wildman–Crippen LogP) is 3.56. The zero-order valence-corrected chi connectivity index (χ0v) is 22.9. The first-order valence-electron chi connectivity index (χ1n) is 11.9. The van der Waals surface area contributed by atoms with Gasteiger partial charge in [-0.2, -0.15) is 5.10 Å². The molecule has 0 radical (unpaired) electrons. The van der Waals surface area contributed by atoms with Gasteiger partial charge in [-0.15, -0.1) is 0 Å². The first-order chi connectivity index (χ1) is 18.4. The highest BCUT2D eigenvalue weighted by atomic mass is 16.8. The van der Waals surface area contributed by atoms with Gasteiger partial charge in [0.2, 0.25) is 0 Å². The molecule has 0 fully saturated rings. The fourth-order valence-corrected chi connectivity index (χ4v) is 3.15. The predicted molar refractivity (Wildman–Crippen MR) is 134 cm³/mol. The van der Waals surface area contributed by atoms with Crippen LogP contribution in [-0.2, 0) is 33.2 Å². The van der Waals surface area contributed by atoms with E-state index in [1.165, 1.54) is 18.0 Å². The lowest BCUT2D eigenvalue weighted by atomic mass is 10.0. The van der Waals surface area contributed by atoms with Crippen molar-refractivity contribution < 1.29 is 47.5 Å². The molecule has 0 aliphatic heterocycles. The van der Waals surface area contributed by atoms with Gasteiger partial charge in [0.25, 0.3) is 0 Å². The number of nitriles is 1. The van der Waals surface area contributed by atoms with Crippen molar-refractivity contribution >= 4 is 29.8 Å². The molecule has 0 saturated carbocycles. The number of nitrogens with zero attached hydrogens (tertiary/aromatic N) is 4. The Kier molecular flexibility index (Phi) is 13.3. The zero-order valence-electron chi connectivity index (χ0n) is 22.9. The van der Waals surface area contributed by atoms with E-state index in [9.17, 15) is 14.4 Å². The van der Waals surface area contributed by atoms with E-state index in [2.05, 4.69) is 16.7 Å². The van der Waals surface area contributed by atoms with Gasteiger partial charge >= 0.3 is 18.5 Å². The molecule has 0 saturated heterocycles. The van der Waals surface area contributed by atoms with Gasteiger partial charge in [0.05, 0.1) is 24.0 Å². The quantitative estimate of drug-likeness (QED) is 0.313. The summed E-state index contributed by atoms with van der Waals surface area (Å²) >= 11 is 0. The SMILES string of the molecule is C#N.COC(COC(=O)OC(C)C)[C@@H](OC(=O)OC(C)C)[C@@H](OC(=O)OC(C)C)c1ccc2c(N)ncnn12. The minimum Gasteiger partial charge on any atom is -0.432 e. The molecule has 2 heterocycles. The van der Waals surface area contributed by atoms with Gasteiger partial charge in [0, 0.05) is 13.7 Å². The zero-order chi connectivity index (χ0) is 29.7. The number of carbonyl (C=O) groups is 3. The molecule has 1 unspecified atom stereocenters. The van der Waals surface area contributed by atoms with Crippen LogP contribution in [0.2, 0.25) is 0 Å². The van der Waals surface area contributed by atoms with Gasteiger partial charge in [0.15, 0.2) is 18.0 Å². The molecule has 39 heavy (non-hydrogen) atoms. The summed E-state index contributed by atoms with van der Waals surface area (Å²) < 4.78 is 38.4. The van der Waals surface area contributed by atoms with E-state index in [0.717, 1.165) is 0 Å². The van der Waals surface area contributed by atoms with E-state index in [0.29, 0.717) is 5.52 Å². The number of rotatable bonds is 11. The topological polar surface area (TPSA) is 196 Å². The molecule has 2 rings (SSSR count). The van der Waals surface area contributed by atoms with Crippen LogP contribution in [0, 0.1) is 11.8 Å². The van der Waals surface area contributed by atoms with Crippen LogP contribution in [0.25, 0.3) is 5.52 Å². The van der Waals surface area contributed by atoms with Crippen molar-refractivity contribution in [3.63, 3.8) is 0 Å². The highest BCUT2D eigenvalue weighted by Crippen LogP contribution is 2.30. The summed E-state index contributed by atoms with van der Waals surface area (Å²) in [4.78, 5) is 41.1. The molecule has 0 amide bonds. The number of aromatic nitrogens is 3. The molecule has 0 spiro atoms. The Morgan fingerprint density at radius 1 is 0.897 bits per heavy atom. The summed E-state index contributed by atoms with van der Waals surface area (Å²) in [7, 11) is 1.30. The number of methoxy groups -OCH3 is 1. The average Bonchev–Trinajstić information content (AvgIpc) is 3.27. The number of carbonyl (C=O) groups excluding carboxylic acids is 3. The van der Waals surface area contributed by atoms with E-state index in [1.54, 1.807) is 53.7 Å². The van der Waals surface area contributed by atoms with E-state index >= 15 is 0 Å². The molecule has 0 aromatic carbocycles. The Morgan fingerprint density at radius 3 is 1.97 bits per heavy atom. The maximum Gasteiger partial charge on any atom is 0.509 e. The standard InChI is InChI=1S/C23H34N4O10.CHN/c1-12(2)33-21(28)32-10-17(31-7)19(37-23(30)35-14(5)6)18(36-22(29)34-13(3)4)15-8-9-16-20(24)25-11-26-27(15)16;1-2/h8-9,11-14,17-19H,10H2,1-7H3,(H2,24,25,26);1H/t17?,18-,19+;/m0./s1. The summed E-state index contributed by atoms with van der Waals surface area (Å²) in [6, 6.07) is 3.15. The lowest BCUT2D eigenvalue weighted by Crippen LogP contribution is -2.43. The second kappa shape index (κ2) is 15.8. The summed E-state index contributed by atoms with van der Waals surface area (Å²) in [5, 5.41) is 10.7. The molecule has 0 bridgehead atoms. The smallest absolute Gasteiger partial charge is 0.432 e. The van der Waals surface area contributed by atoms with Crippen LogP contribution >= 0.6 is 0 Å². The normalized spacial score (nSPS) is 13.1. The number of hydrogen-bond donors (Lipinski definition) is 1. The van der Waals surface area contributed by atoms with Crippen LogP contribution in [0.15, 0.2) is 18.5 Å². The first-order valence-corrected chi connectivity index (χ1v) is 11.9. The van der Waals surface area contributed by atoms with Crippen molar-refractivity contribution in [2.45, 2.75) is 78.2 Å². The molecule has 2 aromatic rings. The second-order valence-electron chi connectivity index (χ2n) is 8.66. The fraction of sp³-hybridized carbons (Fsp3) is 0.583. The van der Waals surface area contributed by atoms with E-state index in [4.69, 9.17) is 44.2 Å². The Balaban J connectivity index is 0.00000371. The van der Waals surface area contributed by atoms with Crippen molar-refractivity contribution in [1.82, 2.24) is 14.6 Å². The molecule has 0 aliphatic carbocycles. The molecule has 15 heteroatoms. The molecular formula is C24H35N5O10. The van der Waals surface area contributed by atoms with Gasteiger partial charge in [-0.05, 0) is 53.7 Å². The maximum atomic E-state index is 12.6. The van der Waals surface area contributed by atoms with Gasteiger partial charge in [0.1, 0.15) is 24.6 Å². The highest BCUT2D eigenvalue weighted by molar-refractivity contribution is 5.66. The van der Waals surface area contributed by atoms with Crippen LogP contribution in [0.4, 0.5) is 20.2 Å². The molecule has 3 atom stereocenters. The van der Waals surface area contributed by atoms with Crippen molar-refractivity contribution in [3.8, 4) is 6.57 Å². The minimum atomic E-state index is -1.41.